The minimum Gasteiger partial charge on any atom is -0.356 e. The van der Waals surface area contributed by atoms with Crippen LogP contribution in [0.2, 0.25) is 0 Å². The quantitative estimate of drug-likeness (QED) is 0.544. The molecule has 132 valence electrons. The van der Waals surface area contributed by atoms with E-state index in [2.05, 4.69) is 39.8 Å². The molecule has 23 heavy (non-hydrogen) atoms. The zero-order chi connectivity index (χ0) is 17.5. The van der Waals surface area contributed by atoms with Crippen molar-refractivity contribution in [1.29, 1.82) is 0 Å². The highest BCUT2D eigenvalue weighted by Crippen LogP contribution is 2.19. The van der Waals surface area contributed by atoms with E-state index in [1.54, 1.807) is 18.4 Å². The van der Waals surface area contributed by atoms with Gasteiger partial charge in [0.25, 0.3) is 0 Å². The van der Waals surface area contributed by atoms with Crippen LogP contribution in [0.5, 0.6) is 0 Å². The predicted molar refractivity (Wildman–Crippen MR) is 98.0 cm³/mol. The monoisotopic (exact) mass is 360 g/mol. The van der Waals surface area contributed by atoms with Gasteiger partial charge in [0.05, 0.1) is 16.5 Å². The number of hydrogen-bond acceptors (Lipinski definition) is 5. The van der Waals surface area contributed by atoms with Gasteiger partial charge < -0.3 is 10.6 Å². The maximum atomic E-state index is 11.3. The van der Waals surface area contributed by atoms with Crippen molar-refractivity contribution in [2.24, 2.45) is 10.4 Å². The van der Waals surface area contributed by atoms with Gasteiger partial charge >= 0.3 is 0 Å². The average molecular weight is 361 g/mol. The van der Waals surface area contributed by atoms with E-state index in [0.29, 0.717) is 13.0 Å². The summed E-state index contributed by atoms with van der Waals surface area (Å²) in [5.41, 5.74) is 0.969. The fraction of sp³-hybridized carbons (Fsp3) is 0.733. The third kappa shape index (κ3) is 8.90. The number of hydrogen-bond donors (Lipinski definition) is 2. The lowest BCUT2D eigenvalue weighted by Crippen LogP contribution is -2.43. The van der Waals surface area contributed by atoms with Crippen LogP contribution in [0.4, 0.5) is 0 Å². The second kappa shape index (κ2) is 8.63. The first-order chi connectivity index (χ1) is 10.6. The van der Waals surface area contributed by atoms with E-state index in [1.165, 1.54) is 6.26 Å². The highest BCUT2D eigenvalue weighted by Gasteiger charge is 2.20. The Kier molecular flexibility index (Phi) is 7.47. The molecule has 1 aromatic rings. The highest BCUT2D eigenvalue weighted by atomic mass is 32.2. The average Bonchev–Trinajstić information content (AvgIpc) is 2.85. The Hall–Kier alpha value is -1.15. The molecule has 0 aromatic carbocycles. The maximum Gasteiger partial charge on any atom is 0.191 e. The van der Waals surface area contributed by atoms with E-state index in [0.717, 1.165) is 29.6 Å². The summed E-state index contributed by atoms with van der Waals surface area (Å²) in [4.78, 5) is 8.62. The van der Waals surface area contributed by atoms with Gasteiger partial charge in [-0.05, 0) is 18.8 Å². The summed E-state index contributed by atoms with van der Waals surface area (Å²) in [5, 5.41) is 9.67. The fourth-order valence-corrected chi connectivity index (χ4v) is 3.50. The SMILES string of the molecule is CN=C(NCCc1csc(C)n1)NCC(C)(C)CCS(C)(=O)=O. The van der Waals surface area contributed by atoms with Crippen LogP contribution >= 0.6 is 11.3 Å². The molecule has 0 saturated carbocycles. The van der Waals surface area contributed by atoms with Gasteiger partial charge in [-0.3, -0.25) is 4.99 Å². The van der Waals surface area contributed by atoms with E-state index in [9.17, 15) is 8.42 Å². The molecule has 0 unspecified atom stereocenters. The number of sulfone groups is 1. The van der Waals surface area contributed by atoms with E-state index < -0.39 is 9.84 Å². The van der Waals surface area contributed by atoms with E-state index >= 15 is 0 Å². The van der Waals surface area contributed by atoms with Crippen molar-refractivity contribution in [2.45, 2.75) is 33.6 Å². The predicted octanol–water partition coefficient (Wildman–Crippen LogP) is 1.62. The van der Waals surface area contributed by atoms with Crippen LogP contribution in [0.15, 0.2) is 10.4 Å². The van der Waals surface area contributed by atoms with Gasteiger partial charge in [-0.15, -0.1) is 11.3 Å². The van der Waals surface area contributed by atoms with Crippen LogP contribution in [0.1, 0.15) is 31.0 Å². The third-order valence-electron chi connectivity index (χ3n) is 3.45. The van der Waals surface area contributed by atoms with Gasteiger partial charge in [-0.1, -0.05) is 13.8 Å². The molecule has 0 aliphatic carbocycles. The van der Waals surface area contributed by atoms with Crippen molar-refractivity contribution < 1.29 is 8.42 Å². The topological polar surface area (TPSA) is 83.4 Å². The second-order valence-electron chi connectivity index (χ2n) is 6.50. The molecule has 2 N–H and O–H groups in total. The molecule has 0 aliphatic rings. The number of aromatic nitrogens is 1. The molecule has 8 heteroatoms. The molecule has 0 spiro atoms. The van der Waals surface area contributed by atoms with E-state index in [-0.39, 0.29) is 11.2 Å². The van der Waals surface area contributed by atoms with Crippen LogP contribution in [0.3, 0.4) is 0 Å². The van der Waals surface area contributed by atoms with Crippen molar-refractivity contribution in [3.8, 4) is 0 Å². The van der Waals surface area contributed by atoms with Crippen molar-refractivity contribution in [2.75, 3.05) is 32.1 Å². The van der Waals surface area contributed by atoms with Gasteiger partial charge in [-0.2, -0.15) is 0 Å². The molecule has 0 amide bonds. The summed E-state index contributed by atoms with van der Waals surface area (Å²) < 4.78 is 22.6. The second-order valence-corrected chi connectivity index (χ2v) is 9.83. The lowest BCUT2D eigenvalue weighted by atomic mass is 9.90. The summed E-state index contributed by atoms with van der Waals surface area (Å²) in [6.07, 6.45) is 2.74. The first-order valence-electron chi connectivity index (χ1n) is 7.64. The molecular formula is C15H28N4O2S2. The molecule has 1 heterocycles. The number of nitrogens with one attached hydrogen (secondary N) is 2. The van der Waals surface area contributed by atoms with Gasteiger partial charge in [-0.25, -0.2) is 13.4 Å². The third-order valence-corrected chi connectivity index (χ3v) is 5.22. The molecule has 0 aliphatic heterocycles. The van der Waals surface area contributed by atoms with Crippen LogP contribution in [-0.2, 0) is 16.3 Å². The highest BCUT2D eigenvalue weighted by molar-refractivity contribution is 7.90. The van der Waals surface area contributed by atoms with E-state index in [4.69, 9.17) is 0 Å². The molecule has 0 fully saturated rings. The van der Waals surface area contributed by atoms with Gasteiger partial charge in [0.2, 0.25) is 0 Å². The van der Waals surface area contributed by atoms with E-state index in [1.807, 2.05) is 6.92 Å². The number of aliphatic imine (C=N–C) groups is 1. The largest absolute Gasteiger partial charge is 0.356 e. The molecule has 0 radical (unpaired) electrons. The van der Waals surface area contributed by atoms with Crippen LogP contribution in [0.25, 0.3) is 0 Å². The van der Waals surface area contributed by atoms with Crippen molar-refractivity contribution >= 4 is 27.1 Å². The lowest BCUT2D eigenvalue weighted by Gasteiger charge is -2.25. The summed E-state index contributed by atoms with van der Waals surface area (Å²) in [6.45, 7) is 7.53. The molecule has 1 aromatic heterocycles. The van der Waals surface area contributed by atoms with Gasteiger partial charge in [0, 0.05) is 38.2 Å². The minimum atomic E-state index is -2.92. The first kappa shape index (κ1) is 19.9. The normalized spacial score (nSPS) is 13.2. The summed E-state index contributed by atoms with van der Waals surface area (Å²) in [6, 6.07) is 0. The van der Waals surface area contributed by atoms with Crippen LogP contribution in [-0.4, -0.2) is 51.5 Å². The molecule has 1 rings (SSSR count). The molecule has 0 bridgehead atoms. The molecular weight excluding hydrogens is 332 g/mol. The maximum absolute atomic E-state index is 11.3. The number of rotatable bonds is 8. The lowest BCUT2D eigenvalue weighted by molar-refractivity contribution is 0.348. The van der Waals surface area contributed by atoms with Crippen molar-refractivity contribution in [1.82, 2.24) is 15.6 Å². The van der Waals surface area contributed by atoms with Crippen molar-refractivity contribution in [3.05, 3.63) is 16.1 Å². The Morgan fingerprint density at radius 3 is 2.61 bits per heavy atom. The fourth-order valence-electron chi connectivity index (χ4n) is 1.93. The standard InChI is InChI=1S/C15H28N4O2S2/c1-12-19-13(10-22-12)6-8-17-14(16-4)18-11-15(2,3)7-9-23(5,20)21/h10H,6-9,11H2,1-5H3,(H2,16,17,18). The summed E-state index contributed by atoms with van der Waals surface area (Å²) in [5.74, 6) is 0.932. The Morgan fingerprint density at radius 2 is 2.09 bits per heavy atom. The number of aryl methyl sites for hydroxylation is 1. The number of thiazole rings is 1. The minimum absolute atomic E-state index is 0.118. The Morgan fingerprint density at radius 1 is 1.39 bits per heavy atom. The molecule has 0 atom stereocenters. The Balaban J connectivity index is 2.35. The smallest absolute Gasteiger partial charge is 0.191 e. The zero-order valence-corrected chi connectivity index (χ0v) is 16.3. The zero-order valence-electron chi connectivity index (χ0n) is 14.6. The molecule has 6 nitrogen and oxygen atoms in total. The first-order valence-corrected chi connectivity index (χ1v) is 10.6. The van der Waals surface area contributed by atoms with Gasteiger partial charge in [0.1, 0.15) is 9.84 Å². The van der Waals surface area contributed by atoms with Gasteiger partial charge in [0.15, 0.2) is 5.96 Å². The number of guanidine groups is 1. The number of nitrogens with zero attached hydrogens (tertiary/aromatic N) is 2. The molecule has 0 saturated heterocycles. The Bertz CT molecular complexity index is 621. The Labute approximate surface area is 143 Å². The van der Waals surface area contributed by atoms with Crippen molar-refractivity contribution in [3.63, 3.8) is 0 Å². The summed E-state index contributed by atoms with van der Waals surface area (Å²) in [7, 11) is -1.20. The van der Waals surface area contributed by atoms with Crippen LogP contribution < -0.4 is 10.6 Å². The summed E-state index contributed by atoms with van der Waals surface area (Å²) >= 11 is 1.66. The van der Waals surface area contributed by atoms with Crippen LogP contribution in [0, 0.1) is 12.3 Å².